The summed E-state index contributed by atoms with van der Waals surface area (Å²) in [5.74, 6) is 0.553. The van der Waals surface area contributed by atoms with Crippen LogP contribution in [0.4, 0.5) is 11.4 Å². The van der Waals surface area contributed by atoms with Gasteiger partial charge >= 0.3 is 0 Å². The van der Waals surface area contributed by atoms with Gasteiger partial charge in [-0.05, 0) is 25.1 Å². The number of nitrogens with one attached hydrogen (secondary N) is 2. The second-order valence-electron chi connectivity index (χ2n) is 4.78. The van der Waals surface area contributed by atoms with Gasteiger partial charge in [-0.25, -0.2) is 0 Å². The number of thioether (sulfide) groups is 1. The molecule has 0 atom stereocenters. The summed E-state index contributed by atoms with van der Waals surface area (Å²) in [6.07, 6.45) is 1.87. The zero-order valence-corrected chi connectivity index (χ0v) is 12.3. The molecular formula is C14H16N4OS. The molecule has 0 aliphatic carbocycles. The highest BCUT2D eigenvalue weighted by molar-refractivity contribution is 8.00. The van der Waals surface area contributed by atoms with Gasteiger partial charge in [0, 0.05) is 35.4 Å². The fraction of sp³-hybridized carbons (Fsp3) is 0.286. The normalized spacial score (nSPS) is 13.8. The molecule has 1 aromatic carbocycles. The minimum Gasteiger partial charge on any atom is -0.381 e. The number of amides is 1. The van der Waals surface area contributed by atoms with E-state index in [1.807, 2.05) is 43.0 Å². The Hall–Kier alpha value is -1.95. The van der Waals surface area contributed by atoms with Gasteiger partial charge in [-0.15, -0.1) is 11.8 Å². The summed E-state index contributed by atoms with van der Waals surface area (Å²) < 4.78 is 1.86. The molecule has 20 heavy (non-hydrogen) atoms. The predicted molar refractivity (Wildman–Crippen MR) is 81.1 cm³/mol. The standard InChI is InChI=1S/C14H16N4OS/c1-9-10(7-16-18(9)2)6-15-11-3-4-13-12(5-11)17-14(19)8-20-13/h3-5,7,15H,6,8H2,1-2H3,(H,17,19). The second kappa shape index (κ2) is 5.20. The Morgan fingerprint density at radius 1 is 1.50 bits per heavy atom. The molecule has 1 aromatic heterocycles. The third kappa shape index (κ3) is 2.51. The van der Waals surface area contributed by atoms with E-state index in [4.69, 9.17) is 0 Å². The summed E-state index contributed by atoms with van der Waals surface area (Å²) >= 11 is 1.57. The van der Waals surface area contributed by atoms with Crippen molar-refractivity contribution in [3.63, 3.8) is 0 Å². The van der Waals surface area contributed by atoms with Crippen LogP contribution < -0.4 is 10.6 Å². The molecule has 0 saturated heterocycles. The van der Waals surface area contributed by atoms with Crippen LogP contribution in [0.15, 0.2) is 29.3 Å². The van der Waals surface area contributed by atoms with Crippen LogP contribution >= 0.6 is 11.8 Å². The van der Waals surface area contributed by atoms with Crippen molar-refractivity contribution >= 4 is 29.0 Å². The SMILES string of the molecule is Cc1c(CNc2ccc3c(c2)NC(=O)CS3)cnn1C. The van der Waals surface area contributed by atoms with Crippen LogP contribution in [-0.2, 0) is 18.4 Å². The van der Waals surface area contributed by atoms with E-state index >= 15 is 0 Å². The molecule has 0 bridgehead atoms. The molecule has 0 radical (unpaired) electrons. The van der Waals surface area contributed by atoms with Crippen LogP contribution in [0.2, 0.25) is 0 Å². The maximum absolute atomic E-state index is 11.4. The molecule has 1 amide bonds. The molecule has 6 heteroatoms. The number of aryl methyl sites for hydroxylation is 1. The topological polar surface area (TPSA) is 58.9 Å². The molecule has 2 N–H and O–H groups in total. The highest BCUT2D eigenvalue weighted by Crippen LogP contribution is 2.33. The van der Waals surface area contributed by atoms with E-state index in [-0.39, 0.29) is 5.91 Å². The number of hydrogen-bond donors (Lipinski definition) is 2. The van der Waals surface area contributed by atoms with E-state index in [0.717, 1.165) is 28.5 Å². The van der Waals surface area contributed by atoms with E-state index in [1.165, 1.54) is 5.56 Å². The third-order valence-corrected chi connectivity index (χ3v) is 4.51. The maximum atomic E-state index is 11.4. The number of hydrogen-bond acceptors (Lipinski definition) is 4. The molecule has 3 rings (SSSR count). The molecule has 0 saturated carbocycles. The van der Waals surface area contributed by atoms with E-state index in [2.05, 4.69) is 15.7 Å². The van der Waals surface area contributed by atoms with E-state index in [1.54, 1.807) is 11.8 Å². The lowest BCUT2D eigenvalue weighted by molar-refractivity contribution is -0.113. The lowest BCUT2D eigenvalue weighted by Crippen LogP contribution is -2.18. The summed E-state index contributed by atoms with van der Waals surface area (Å²) in [7, 11) is 1.94. The third-order valence-electron chi connectivity index (χ3n) is 3.43. The maximum Gasteiger partial charge on any atom is 0.234 e. The Kier molecular flexibility index (Phi) is 3.40. The van der Waals surface area contributed by atoms with Crippen LogP contribution in [0.25, 0.3) is 0 Å². The van der Waals surface area contributed by atoms with Crippen molar-refractivity contribution in [2.45, 2.75) is 18.4 Å². The number of aromatic nitrogens is 2. The van der Waals surface area contributed by atoms with Gasteiger partial charge in [0.25, 0.3) is 0 Å². The summed E-state index contributed by atoms with van der Waals surface area (Å²) in [6, 6.07) is 6.05. The van der Waals surface area contributed by atoms with E-state index in [9.17, 15) is 4.79 Å². The van der Waals surface area contributed by atoms with Crippen molar-refractivity contribution < 1.29 is 4.79 Å². The van der Waals surface area contributed by atoms with Gasteiger partial charge < -0.3 is 10.6 Å². The van der Waals surface area contributed by atoms with Gasteiger partial charge in [0.15, 0.2) is 0 Å². The Morgan fingerprint density at radius 2 is 2.35 bits per heavy atom. The quantitative estimate of drug-likeness (QED) is 0.910. The van der Waals surface area contributed by atoms with Crippen molar-refractivity contribution in [2.75, 3.05) is 16.4 Å². The van der Waals surface area contributed by atoms with Crippen LogP contribution in [0.3, 0.4) is 0 Å². The van der Waals surface area contributed by atoms with E-state index < -0.39 is 0 Å². The Morgan fingerprint density at radius 3 is 3.10 bits per heavy atom. The zero-order valence-electron chi connectivity index (χ0n) is 11.4. The minimum atomic E-state index is 0.0581. The average Bonchev–Trinajstić information content (AvgIpc) is 2.76. The Labute approximate surface area is 121 Å². The van der Waals surface area contributed by atoms with Gasteiger partial charge in [-0.2, -0.15) is 5.10 Å². The zero-order chi connectivity index (χ0) is 14.1. The molecule has 1 aliphatic heterocycles. The number of carbonyl (C=O) groups is 1. The lowest BCUT2D eigenvalue weighted by atomic mass is 10.2. The highest BCUT2D eigenvalue weighted by Gasteiger charge is 2.15. The lowest BCUT2D eigenvalue weighted by Gasteiger charge is -2.17. The number of rotatable bonds is 3. The molecule has 2 heterocycles. The summed E-state index contributed by atoms with van der Waals surface area (Å²) in [5.41, 5.74) is 4.21. The molecular weight excluding hydrogens is 272 g/mol. The van der Waals surface area contributed by atoms with Crippen molar-refractivity contribution in [2.24, 2.45) is 7.05 Å². The molecule has 2 aromatic rings. The van der Waals surface area contributed by atoms with Crippen LogP contribution in [-0.4, -0.2) is 21.4 Å². The number of benzene rings is 1. The van der Waals surface area contributed by atoms with Crippen molar-refractivity contribution in [1.29, 1.82) is 0 Å². The van der Waals surface area contributed by atoms with Crippen molar-refractivity contribution in [3.8, 4) is 0 Å². The molecule has 0 spiro atoms. The Balaban J connectivity index is 1.74. The van der Waals surface area contributed by atoms with Gasteiger partial charge in [0.05, 0.1) is 17.6 Å². The van der Waals surface area contributed by atoms with Crippen LogP contribution in [0.1, 0.15) is 11.3 Å². The highest BCUT2D eigenvalue weighted by atomic mass is 32.2. The number of carbonyl (C=O) groups excluding carboxylic acids is 1. The molecule has 0 fully saturated rings. The average molecular weight is 288 g/mol. The number of fused-ring (bicyclic) bond motifs is 1. The summed E-state index contributed by atoms with van der Waals surface area (Å²) in [6.45, 7) is 2.77. The summed E-state index contributed by atoms with van der Waals surface area (Å²) in [5, 5.41) is 10.5. The first-order valence-corrected chi connectivity index (χ1v) is 7.40. The molecule has 5 nitrogen and oxygen atoms in total. The summed E-state index contributed by atoms with van der Waals surface area (Å²) in [4.78, 5) is 12.5. The minimum absolute atomic E-state index is 0.0581. The first kappa shape index (κ1) is 13.1. The van der Waals surface area contributed by atoms with Crippen molar-refractivity contribution in [1.82, 2.24) is 9.78 Å². The van der Waals surface area contributed by atoms with Crippen LogP contribution in [0, 0.1) is 6.92 Å². The predicted octanol–water partition coefficient (Wildman–Crippen LogP) is 2.38. The van der Waals surface area contributed by atoms with Crippen LogP contribution in [0.5, 0.6) is 0 Å². The van der Waals surface area contributed by atoms with Gasteiger partial charge in [0.2, 0.25) is 5.91 Å². The molecule has 1 aliphatic rings. The molecule has 104 valence electrons. The smallest absolute Gasteiger partial charge is 0.234 e. The number of nitrogens with zero attached hydrogens (tertiary/aromatic N) is 2. The van der Waals surface area contributed by atoms with Crippen molar-refractivity contribution in [3.05, 3.63) is 35.7 Å². The fourth-order valence-electron chi connectivity index (χ4n) is 2.11. The first-order valence-electron chi connectivity index (χ1n) is 6.41. The van der Waals surface area contributed by atoms with Gasteiger partial charge in [-0.3, -0.25) is 9.48 Å². The number of anilines is 2. The monoisotopic (exact) mass is 288 g/mol. The largest absolute Gasteiger partial charge is 0.381 e. The van der Waals surface area contributed by atoms with Gasteiger partial charge in [0.1, 0.15) is 0 Å². The first-order chi connectivity index (χ1) is 9.63. The second-order valence-corrected chi connectivity index (χ2v) is 5.80. The Bertz CT molecular complexity index is 665. The van der Waals surface area contributed by atoms with E-state index in [0.29, 0.717) is 5.75 Å². The van der Waals surface area contributed by atoms with Gasteiger partial charge in [-0.1, -0.05) is 0 Å². The fourth-order valence-corrected chi connectivity index (χ4v) is 2.90. The molecule has 0 unspecified atom stereocenters.